The summed E-state index contributed by atoms with van der Waals surface area (Å²) in [5, 5.41) is 6.74. The van der Waals surface area contributed by atoms with Gasteiger partial charge in [0, 0.05) is 54.1 Å². The van der Waals surface area contributed by atoms with E-state index < -0.39 is 18.4 Å². The van der Waals surface area contributed by atoms with Crippen molar-refractivity contribution in [2.45, 2.75) is 37.1 Å². The van der Waals surface area contributed by atoms with Gasteiger partial charge < -0.3 is 15.6 Å². The van der Waals surface area contributed by atoms with Gasteiger partial charge in [0.25, 0.3) is 0 Å². The molecule has 0 radical (unpaired) electrons. The van der Waals surface area contributed by atoms with Crippen molar-refractivity contribution < 1.29 is 17.6 Å². The molecule has 3 N–H and O–H groups in total. The molecule has 1 unspecified atom stereocenters. The highest BCUT2D eigenvalue weighted by molar-refractivity contribution is 6.16. The van der Waals surface area contributed by atoms with Crippen molar-refractivity contribution in [3.8, 4) is 11.3 Å². The van der Waals surface area contributed by atoms with Gasteiger partial charge in [-0.1, -0.05) is 12.1 Å². The Balaban J connectivity index is 1.34. The van der Waals surface area contributed by atoms with Crippen LogP contribution in [0.4, 0.5) is 23.2 Å². The van der Waals surface area contributed by atoms with Gasteiger partial charge in [-0.05, 0) is 48.6 Å². The number of hydrogen-bond donors (Lipinski definition) is 3. The highest BCUT2D eigenvalue weighted by Gasteiger charge is 2.45. The van der Waals surface area contributed by atoms with Gasteiger partial charge in [-0.25, -0.2) is 14.4 Å². The minimum absolute atomic E-state index is 0.204. The van der Waals surface area contributed by atoms with Crippen LogP contribution in [0.3, 0.4) is 0 Å². The molecular weight excluding hydrogens is 510 g/mol. The Kier molecular flexibility index (Phi) is 5.67. The molecule has 1 aromatic carbocycles. The maximum absolute atomic E-state index is 14.5. The lowest BCUT2D eigenvalue weighted by Gasteiger charge is -2.40. The highest BCUT2D eigenvalue weighted by atomic mass is 19.4. The van der Waals surface area contributed by atoms with Gasteiger partial charge >= 0.3 is 6.18 Å². The SMILES string of the molecule is Fc1ccccc1-c1cc2c(C3=NC(N4CCN[C@@H](C(F)(F)F)C4)c4c(cncc4C4CC4)N3)ccnc2[nH]1. The van der Waals surface area contributed by atoms with Crippen molar-refractivity contribution >= 4 is 22.6 Å². The number of aromatic amines is 1. The lowest BCUT2D eigenvalue weighted by molar-refractivity contribution is -0.166. The van der Waals surface area contributed by atoms with Gasteiger partial charge in [-0.15, -0.1) is 0 Å². The molecule has 3 aromatic heterocycles. The lowest BCUT2D eigenvalue weighted by Crippen LogP contribution is -2.57. The van der Waals surface area contributed by atoms with E-state index in [-0.39, 0.29) is 18.9 Å². The Morgan fingerprint density at radius 2 is 1.87 bits per heavy atom. The second kappa shape index (κ2) is 9.13. The second-order valence-corrected chi connectivity index (χ2v) is 10.3. The van der Waals surface area contributed by atoms with Crippen LogP contribution in [0.5, 0.6) is 0 Å². The van der Waals surface area contributed by atoms with Gasteiger partial charge in [0.15, 0.2) is 0 Å². The van der Waals surface area contributed by atoms with E-state index in [0.29, 0.717) is 40.8 Å². The van der Waals surface area contributed by atoms with E-state index >= 15 is 0 Å². The van der Waals surface area contributed by atoms with Crippen LogP contribution in [0, 0.1) is 5.82 Å². The first kappa shape index (κ1) is 24.2. The molecule has 2 atom stereocenters. The van der Waals surface area contributed by atoms with Crippen molar-refractivity contribution in [3.63, 3.8) is 0 Å². The van der Waals surface area contributed by atoms with Gasteiger partial charge in [-0.2, -0.15) is 13.2 Å². The van der Waals surface area contributed by atoms with E-state index in [2.05, 4.69) is 25.6 Å². The summed E-state index contributed by atoms with van der Waals surface area (Å²) in [6, 6.07) is 8.49. The van der Waals surface area contributed by atoms with Crippen molar-refractivity contribution in [2.24, 2.45) is 4.99 Å². The summed E-state index contributed by atoms with van der Waals surface area (Å²) in [5.74, 6) is 0.496. The Bertz CT molecular complexity index is 1590. The molecule has 2 fully saturated rings. The summed E-state index contributed by atoms with van der Waals surface area (Å²) in [6.45, 7) is 0.429. The zero-order valence-electron chi connectivity index (χ0n) is 20.8. The third kappa shape index (κ3) is 4.35. The van der Waals surface area contributed by atoms with Crippen LogP contribution in [-0.2, 0) is 0 Å². The van der Waals surface area contributed by atoms with Crippen LogP contribution in [-0.4, -0.2) is 57.5 Å². The predicted octanol–water partition coefficient (Wildman–Crippen LogP) is 5.35. The van der Waals surface area contributed by atoms with Crippen LogP contribution in [0.15, 0.2) is 60.0 Å². The standard InChI is InChI=1S/C28H25F4N7/c29-20-4-2-1-3-17(20)21-11-18-16(7-8-35-25(18)36-21)26-37-22-13-33-12-19(15-5-6-15)24(22)27(38-26)39-10-9-34-23(14-39)28(30,31)32/h1-4,7-8,11-13,15,23,27,34H,5-6,9-10,14H2,(H,35,36)(H,37,38)/t23-,27?/m1/s1. The minimum Gasteiger partial charge on any atom is -0.339 e. The van der Waals surface area contributed by atoms with Crippen LogP contribution in [0.1, 0.15) is 41.6 Å². The molecule has 0 amide bonds. The Hall–Kier alpha value is -3.83. The highest BCUT2D eigenvalue weighted by Crippen LogP contribution is 2.47. The van der Waals surface area contributed by atoms with Gasteiger partial charge in [-0.3, -0.25) is 9.88 Å². The molecule has 0 spiro atoms. The molecule has 2 aliphatic heterocycles. The van der Waals surface area contributed by atoms with Gasteiger partial charge in [0.1, 0.15) is 29.5 Å². The van der Waals surface area contributed by atoms with Gasteiger partial charge in [0.2, 0.25) is 0 Å². The quantitative estimate of drug-likeness (QED) is 0.307. The number of amidine groups is 1. The number of hydrogen-bond acceptors (Lipinski definition) is 6. The second-order valence-electron chi connectivity index (χ2n) is 10.3. The predicted molar refractivity (Wildman–Crippen MR) is 140 cm³/mol. The molecule has 1 aliphatic carbocycles. The lowest BCUT2D eigenvalue weighted by atomic mass is 9.97. The summed E-state index contributed by atoms with van der Waals surface area (Å²) in [6.07, 6.45) is 2.28. The van der Waals surface area contributed by atoms with Crippen molar-refractivity contribution in [1.82, 2.24) is 25.2 Å². The van der Waals surface area contributed by atoms with Crippen molar-refractivity contribution in [1.29, 1.82) is 0 Å². The molecular formula is C28H25F4N7. The Morgan fingerprint density at radius 3 is 2.67 bits per heavy atom. The Morgan fingerprint density at radius 1 is 1.03 bits per heavy atom. The smallest absolute Gasteiger partial charge is 0.339 e. The molecule has 1 saturated carbocycles. The number of anilines is 1. The van der Waals surface area contributed by atoms with E-state index in [1.807, 2.05) is 18.3 Å². The average Bonchev–Trinajstić information content (AvgIpc) is 3.69. The maximum Gasteiger partial charge on any atom is 0.405 e. The fourth-order valence-electron chi connectivity index (χ4n) is 5.61. The number of piperazine rings is 1. The summed E-state index contributed by atoms with van der Waals surface area (Å²) >= 11 is 0. The number of fused-ring (bicyclic) bond motifs is 2. The van der Waals surface area contributed by atoms with Crippen LogP contribution in [0.25, 0.3) is 22.3 Å². The molecule has 0 bridgehead atoms. The van der Waals surface area contributed by atoms with E-state index in [1.165, 1.54) is 6.07 Å². The number of halogens is 4. The third-order valence-corrected chi connectivity index (χ3v) is 7.70. The van der Waals surface area contributed by atoms with Crippen LogP contribution in [0.2, 0.25) is 0 Å². The number of alkyl halides is 3. The molecule has 1 saturated heterocycles. The summed E-state index contributed by atoms with van der Waals surface area (Å²) in [7, 11) is 0. The monoisotopic (exact) mass is 535 g/mol. The third-order valence-electron chi connectivity index (χ3n) is 7.70. The molecule has 11 heteroatoms. The number of H-pyrrole nitrogens is 1. The van der Waals surface area contributed by atoms with E-state index in [9.17, 15) is 17.6 Å². The zero-order chi connectivity index (χ0) is 26.7. The Labute approximate surface area is 221 Å². The first-order valence-corrected chi connectivity index (χ1v) is 13.0. The first-order valence-electron chi connectivity index (χ1n) is 13.0. The molecule has 39 heavy (non-hydrogen) atoms. The summed E-state index contributed by atoms with van der Waals surface area (Å²) in [5.41, 5.74) is 4.94. The first-order chi connectivity index (χ1) is 18.9. The average molecular weight is 536 g/mol. The van der Waals surface area contributed by atoms with Gasteiger partial charge in [0.05, 0.1) is 17.6 Å². The fraction of sp³-hybridized carbons (Fsp3) is 0.321. The number of nitrogens with one attached hydrogen (secondary N) is 3. The van der Waals surface area contributed by atoms with Crippen molar-refractivity contribution in [3.05, 3.63) is 77.5 Å². The number of benzene rings is 1. The normalized spacial score (nSPS) is 21.9. The number of nitrogens with zero attached hydrogens (tertiary/aromatic N) is 4. The maximum atomic E-state index is 14.5. The molecule has 200 valence electrons. The summed E-state index contributed by atoms with van der Waals surface area (Å²) < 4.78 is 55.6. The molecule has 7 nitrogen and oxygen atoms in total. The number of aliphatic imine (C=N–C) groups is 1. The van der Waals surface area contributed by atoms with Crippen LogP contribution >= 0.6 is 0 Å². The number of rotatable bonds is 4. The molecule has 7 rings (SSSR count). The van der Waals surface area contributed by atoms with Crippen molar-refractivity contribution in [2.75, 3.05) is 25.0 Å². The topological polar surface area (TPSA) is 81.2 Å². The van der Waals surface area contributed by atoms with E-state index in [1.54, 1.807) is 35.5 Å². The minimum atomic E-state index is -4.36. The molecule has 5 heterocycles. The summed E-state index contributed by atoms with van der Waals surface area (Å²) in [4.78, 5) is 18.9. The molecule has 4 aromatic rings. The fourth-order valence-corrected chi connectivity index (χ4v) is 5.61. The number of pyridine rings is 2. The largest absolute Gasteiger partial charge is 0.405 e. The van der Waals surface area contributed by atoms with Crippen LogP contribution < -0.4 is 10.6 Å². The van der Waals surface area contributed by atoms with E-state index in [0.717, 1.165) is 35.0 Å². The number of aromatic nitrogens is 3. The van der Waals surface area contributed by atoms with E-state index in [4.69, 9.17) is 4.99 Å². The molecule has 3 aliphatic rings. The zero-order valence-corrected chi connectivity index (χ0v) is 20.8.